The third-order valence-electron chi connectivity index (χ3n) is 4.43. The molecule has 41 heavy (non-hydrogen) atoms. The number of carbonyl (C=O) groups is 4. The molecule has 5 N–H and O–H groups in total. The Bertz CT molecular complexity index is 1190. The summed E-state index contributed by atoms with van der Waals surface area (Å²) < 4.78 is 50.0. The summed E-state index contributed by atoms with van der Waals surface area (Å²) in [7, 11) is -4.94. The van der Waals surface area contributed by atoms with Crippen molar-refractivity contribution in [2.24, 2.45) is 0 Å². The van der Waals surface area contributed by atoms with Gasteiger partial charge in [-0.1, -0.05) is 12.1 Å². The fraction of sp³-hybridized carbons (Fsp3) is 0.333. The van der Waals surface area contributed by atoms with E-state index in [4.69, 9.17) is 39.2 Å². The Balaban J connectivity index is 0.000000587. The number of carboxylic acids is 2. The third kappa shape index (κ3) is 13.6. The van der Waals surface area contributed by atoms with Crippen LogP contribution in [0.3, 0.4) is 0 Å². The van der Waals surface area contributed by atoms with Gasteiger partial charge in [0.15, 0.2) is 0 Å². The molecule has 0 aliphatic carbocycles. The molecule has 0 saturated carbocycles. The van der Waals surface area contributed by atoms with Crippen molar-refractivity contribution in [3.05, 3.63) is 64.7 Å². The van der Waals surface area contributed by atoms with E-state index < -0.39 is 50.0 Å². The zero-order valence-electron chi connectivity index (χ0n) is 21.8. The minimum absolute atomic E-state index is 0. The largest absolute Gasteiger partial charge is 1.00 e. The molecule has 1 heterocycles. The molecule has 0 unspecified atom stereocenters. The van der Waals surface area contributed by atoms with Gasteiger partial charge < -0.3 is 39.4 Å². The van der Waals surface area contributed by atoms with Gasteiger partial charge in [0, 0.05) is 4.90 Å². The number of benzene rings is 2. The Morgan fingerprint density at radius 2 is 1.12 bits per heavy atom. The van der Waals surface area contributed by atoms with E-state index >= 15 is 0 Å². The number of hydrogen-bond donors (Lipinski definition) is 5. The number of hydrogen-bond acceptors (Lipinski definition) is 12. The maximum absolute atomic E-state index is 10.9. The van der Waals surface area contributed by atoms with Gasteiger partial charge >= 0.3 is 41.5 Å². The summed E-state index contributed by atoms with van der Waals surface area (Å²) in [5, 5.41) is 34.0. The van der Waals surface area contributed by atoms with Crippen molar-refractivity contribution in [1.82, 2.24) is 0 Å². The number of esters is 2. The molecule has 0 atom stereocenters. The van der Waals surface area contributed by atoms with Crippen LogP contribution in [0.4, 0.5) is 0 Å². The van der Waals surface area contributed by atoms with E-state index in [2.05, 4.69) is 10.8 Å². The van der Waals surface area contributed by atoms with E-state index in [1.807, 2.05) is 0 Å². The van der Waals surface area contributed by atoms with E-state index in [0.717, 1.165) is 12.1 Å². The van der Waals surface area contributed by atoms with Crippen molar-refractivity contribution in [3.63, 3.8) is 0 Å². The van der Waals surface area contributed by atoms with Crippen LogP contribution >= 0.6 is 0 Å². The average molecular weight is 611 g/mol. The molecule has 3 rings (SSSR count). The molecule has 0 saturated heterocycles. The summed E-state index contributed by atoms with van der Waals surface area (Å²) in [6, 6.07) is 10.2. The summed E-state index contributed by atoms with van der Waals surface area (Å²) in [5.41, 5.74) is -0.972. The zero-order valence-corrected chi connectivity index (χ0v) is 24.7. The molecular formula is C24H27NaO15S. The van der Waals surface area contributed by atoms with Crippen molar-refractivity contribution < 1.29 is 101 Å². The molecule has 0 spiro atoms. The standard InChI is InChI=1S/C8H5O7S.C8H18O5.C8H4O3.Na/c9-7(10)4-2-1-3-5(8(11)12)6(4)16(13,14)15;9-1-3-11-5-7-13-8-6-12-4-2-10;9-7-5-3-1-2-4-6(5)8(10)11-7;/h2-3H,(H,9,10)(H,11,12)(H,13,14,15);9-10H,1-8H2;1-4H;/q-1;;;+1. The molecule has 220 valence electrons. The SMILES string of the molecule is O=C(O)c1c[c-]cc(C(=O)O)c1S(=O)(=O)O.O=C1OC(=O)c2ccccc21.OCCOCCOCCOCCO.[Na+]. The van der Waals surface area contributed by atoms with Crippen LogP contribution in [0.1, 0.15) is 41.4 Å². The molecule has 0 aromatic heterocycles. The summed E-state index contributed by atoms with van der Waals surface area (Å²) in [5.74, 6) is -4.45. The van der Waals surface area contributed by atoms with Gasteiger partial charge in [0.2, 0.25) is 0 Å². The van der Waals surface area contributed by atoms with Crippen molar-refractivity contribution in [2.75, 3.05) is 52.9 Å². The second-order valence-corrected chi connectivity index (χ2v) is 8.56. The van der Waals surface area contributed by atoms with E-state index in [0.29, 0.717) is 50.8 Å². The number of carboxylic acid groups (broad SMARTS) is 2. The summed E-state index contributed by atoms with van der Waals surface area (Å²) >= 11 is 0. The molecular weight excluding hydrogens is 583 g/mol. The summed E-state index contributed by atoms with van der Waals surface area (Å²) in [6.07, 6.45) is 0. The van der Waals surface area contributed by atoms with E-state index in [1.54, 1.807) is 24.3 Å². The second-order valence-electron chi connectivity index (χ2n) is 7.20. The summed E-state index contributed by atoms with van der Waals surface area (Å²) in [4.78, 5) is 41.8. The van der Waals surface area contributed by atoms with Crippen LogP contribution in [0.15, 0.2) is 41.3 Å². The van der Waals surface area contributed by atoms with Gasteiger partial charge in [0.25, 0.3) is 22.1 Å². The third-order valence-corrected chi connectivity index (χ3v) is 5.39. The van der Waals surface area contributed by atoms with Crippen LogP contribution in [0, 0.1) is 6.07 Å². The smallest absolute Gasteiger partial charge is 0.487 e. The first kappa shape index (κ1) is 38.2. The number of aromatic carboxylic acids is 2. The summed E-state index contributed by atoms with van der Waals surface area (Å²) in [6.45, 7) is 2.76. The van der Waals surface area contributed by atoms with Crippen molar-refractivity contribution in [3.8, 4) is 0 Å². The fourth-order valence-corrected chi connectivity index (χ4v) is 3.63. The normalized spacial score (nSPS) is 11.6. The van der Waals surface area contributed by atoms with E-state index in [-0.39, 0.29) is 42.8 Å². The first-order valence-electron chi connectivity index (χ1n) is 11.2. The van der Waals surface area contributed by atoms with Crippen LogP contribution in [0.2, 0.25) is 0 Å². The molecule has 1 aliphatic heterocycles. The van der Waals surface area contributed by atoms with E-state index in [9.17, 15) is 27.6 Å². The van der Waals surface area contributed by atoms with Gasteiger partial charge in [0.05, 0.1) is 64.0 Å². The van der Waals surface area contributed by atoms with Crippen LogP contribution in [0.5, 0.6) is 0 Å². The van der Waals surface area contributed by atoms with E-state index in [1.165, 1.54) is 0 Å². The molecule has 15 nitrogen and oxygen atoms in total. The van der Waals surface area contributed by atoms with Gasteiger partial charge in [0.1, 0.15) is 0 Å². The molecule has 17 heteroatoms. The topological polar surface area (TPSA) is 240 Å². The van der Waals surface area contributed by atoms with Crippen LogP contribution in [-0.2, 0) is 29.1 Å². The first-order valence-corrected chi connectivity index (χ1v) is 12.7. The Morgan fingerprint density at radius 3 is 1.44 bits per heavy atom. The van der Waals surface area contributed by atoms with Crippen LogP contribution in [0.25, 0.3) is 0 Å². The minimum atomic E-state index is -4.94. The van der Waals surface area contributed by atoms with Crippen LogP contribution < -0.4 is 29.6 Å². The number of cyclic esters (lactones) is 2. The van der Waals surface area contributed by atoms with Gasteiger partial charge in [-0.15, -0.1) is 0 Å². The zero-order chi connectivity index (χ0) is 30.1. The van der Waals surface area contributed by atoms with Gasteiger partial charge in [-0.2, -0.15) is 26.6 Å². The minimum Gasteiger partial charge on any atom is -0.487 e. The fourth-order valence-electron chi connectivity index (χ4n) is 2.78. The Hall–Kier alpha value is -2.77. The molecule has 0 radical (unpaired) electrons. The van der Waals surface area contributed by atoms with Crippen molar-refractivity contribution >= 4 is 34.0 Å². The predicted octanol–water partition coefficient (Wildman–Crippen LogP) is -2.85. The maximum atomic E-state index is 10.9. The quantitative estimate of drug-likeness (QED) is 0.0383. The molecule has 1 aliphatic rings. The van der Waals surface area contributed by atoms with Crippen molar-refractivity contribution in [1.29, 1.82) is 0 Å². The second kappa shape index (κ2) is 20.2. The Kier molecular flexibility index (Phi) is 18.8. The molecule has 0 amide bonds. The Labute approximate surface area is 256 Å². The number of carbonyl (C=O) groups excluding carboxylic acids is 2. The Morgan fingerprint density at radius 1 is 0.756 bits per heavy atom. The van der Waals surface area contributed by atoms with Gasteiger partial charge in [-0.3, -0.25) is 14.1 Å². The monoisotopic (exact) mass is 610 g/mol. The number of aliphatic hydroxyl groups is 2. The van der Waals surface area contributed by atoms with Gasteiger partial charge in [-0.05, 0) is 23.3 Å². The molecule has 2 aromatic carbocycles. The average Bonchev–Trinajstić information content (AvgIpc) is 3.20. The van der Waals surface area contributed by atoms with Gasteiger partial charge in [-0.25, -0.2) is 9.59 Å². The van der Waals surface area contributed by atoms with Crippen LogP contribution in [-0.4, -0.2) is 110 Å². The number of rotatable bonds is 13. The number of aliphatic hydroxyl groups excluding tert-OH is 2. The first-order chi connectivity index (χ1) is 18.9. The molecule has 0 fully saturated rings. The molecule has 0 bridgehead atoms. The number of ether oxygens (including phenoxy) is 4. The van der Waals surface area contributed by atoms with Crippen molar-refractivity contribution in [2.45, 2.75) is 4.90 Å². The maximum Gasteiger partial charge on any atom is 1.00 e. The molecule has 2 aromatic rings. The predicted molar refractivity (Wildman–Crippen MR) is 132 cm³/mol. The number of fused-ring (bicyclic) bond motifs is 1.